The maximum Gasteiger partial charge on any atom is 0.278 e. The van der Waals surface area contributed by atoms with E-state index in [1.54, 1.807) is 13.0 Å². The number of rotatable bonds is 6. The summed E-state index contributed by atoms with van der Waals surface area (Å²) in [6.45, 7) is 3.07. The van der Waals surface area contributed by atoms with Crippen molar-refractivity contribution >= 4 is 29.1 Å². The van der Waals surface area contributed by atoms with Crippen molar-refractivity contribution in [2.45, 2.75) is 56.2 Å². The van der Waals surface area contributed by atoms with Crippen LogP contribution in [0, 0.1) is 6.92 Å². The highest BCUT2D eigenvalue weighted by molar-refractivity contribution is 6.32. The van der Waals surface area contributed by atoms with Gasteiger partial charge >= 0.3 is 0 Å². The minimum atomic E-state index is -2.89. The Kier molecular flexibility index (Phi) is 6.49. The first-order chi connectivity index (χ1) is 14.5. The minimum Gasteiger partial charge on any atom is -0.351 e. The van der Waals surface area contributed by atoms with E-state index in [1.165, 1.54) is 37.9 Å². The normalized spacial score (nSPS) is 20.5. The summed E-state index contributed by atoms with van der Waals surface area (Å²) in [4.78, 5) is 39.0. The van der Waals surface area contributed by atoms with Crippen LogP contribution < -0.4 is 10.2 Å². The number of aromatic nitrogens is 3. The maximum absolute atomic E-state index is 14.0. The molecule has 11 heteroatoms. The number of hydrogen-bond donors (Lipinski definition) is 1. The molecule has 2 heterocycles. The van der Waals surface area contributed by atoms with Crippen molar-refractivity contribution in [2.24, 2.45) is 0 Å². The third kappa shape index (κ3) is 4.79. The molecule has 31 heavy (non-hydrogen) atoms. The van der Waals surface area contributed by atoms with Crippen molar-refractivity contribution in [3.63, 3.8) is 0 Å². The molecule has 1 aliphatic rings. The molecular formula is C20H21ClF3N5O2. The third-order valence-corrected chi connectivity index (χ3v) is 5.50. The molecule has 2 aromatic rings. The van der Waals surface area contributed by atoms with E-state index < -0.39 is 41.4 Å². The van der Waals surface area contributed by atoms with Gasteiger partial charge < -0.3 is 5.32 Å². The van der Waals surface area contributed by atoms with E-state index in [4.69, 9.17) is 11.6 Å². The average Bonchev–Trinajstić information content (AvgIpc) is 3.08. The highest BCUT2D eigenvalue weighted by atomic mass is 35.5. The van der Waals surface area contributed by atoms with Gasteiger partial charge in [0.2, 0.25) is 5.92 Å². The van der Waals surface area contributed by atoms with Crippen LogP contribution in [-0.2, 0) is 15.1 Å². The smallest absolute Gasteiger partial charge is 0.278 e. The van der Waals surface area contributed by atoms with E-state index in [2.05, 4.69) is 20.3 Å². The molecule has 0 aliphatic heterocycles. The molecule has 1 N–H and O–H groups in total. The molecule has 3 atom stereocenters. The summed E-state index contributed by atoms with van der Waals surface area (Å²) < 4.78 is 41.3. The van der Waals surface area contributed by atoms with Crippen LogP contribution in [0.4, 0.5) is 18.9 Å². The summed E-state index contributed by atoms with van der Waals surface area (Å²) in [5.74, 6) is -4.90. The maximum atomic E-state index is 14.0. The predicted molar refractivity (Wildman–Crippen MR) is 107 cm³/mol. The number of carbonyl (C=O) groups is 2. The lowest BCUT2D eigenvalue weighted by Gasteiger charge is -2.40. The van der Waals surface area contributed by atoms with E-state index in [-0.39, 0.29) is 24.1 Å². The van der Waals surface area contributed by atoms with E-state index in [0.717, 1.165) is 4.90 Å². The number of carbonyl (C=O) groups excluding carboxylic acids is 2. The van der Waals surface area contributed by atoms with Crippen molar-refractivity contribution in [3.05, 3.63) is 48.3 Å². The van der Waals surface area contributed by atoms with E-state index in [9.17, 15) is 22.8 Å². The van der Waals surface area contributed by atoms with Crippen LogP contribution in [0.2, 0.25) is 0 Å². The number of nitrogens with one attached hydrogen (secondary N) is 1. The topological polar surface area (TPSA) is 88.1 Å². The first-order valence-electron chi connectivity index (χ1n) is 9.54. The summed E-state index contributed by atoms with van der Waals surface area (Å²) in [6.07, 6.45) is 4.28. The molecule has 1 fully saturated rings. The third-order valence-electron chi connectivity index (χ3n) is 5.31. The van der Waals surface area contributed by atoms with Gasteiger partial charge in [0.25, 0.3) is 17.4 Å². The lowest BCUT2D eigenvalue weighted by molar-refractivity contribution is -0.131. The second-order valence-electron chi connectivity index (χ2n) is 7.60. The van der Waals surface area contributed by atoms with Crippen LogP contribution in [0.15, 0.2) is 37.1 Å². The van der Waals surface area contributed by atoms with Crippen molar-refractivity contribution in [3.8, 4) is 0 Å². The summed E-state index contributed by atoms with van der Waals surface area (Å²) in [7, 11) is 0. The van der Waals surface area contributed by atoms with Gasteiger partial charge in [-0.3, -0.25) is 19.5 Å². The lowest BCUT2D eigenvalue weighted by Crippen LogP contribution is -2.59. The molecule has 0 saturated heterocycles. The number of alkyl halides is 4. The highest BCUT2D eigenvalue weighted by Crippen LogP contribution is 2.37. The Bertz CT molecular complexity index is 946. The first-order valence-corrected chi connectivity index (χ1v) is 9.97. The molecule has 0 radical (unpaired) electrons. The lowest BCUT2D eigenvalue weighted by atomic mass is 9.89. The van der Waals surface area contributed by atoms with Crippen molar-refractivity contribution in [1.82, 2.24) is 20.3 Å². The zero-order chi connectivity index (χ0) is 22.8. The molecule has 2 aromatic heterocycles. The number of amides is 2. The zero-order valence-corrected chi connectivity index (χ0v) is 17.6. The number of halogens is 4. The second-order valence-corrected chi connectivity index (χ2v) is 7.98. The Morgan fingerprint density at radius 3 is 2.48 bits per heavy atom. The molecule has 0 bridgehead atoms. The second kappa shape index (κ2) is 8.78. The average molecular weight is 456 g/mol. The van der Waals surface area contributed by atoms with Crippen LogP contribution >= 0.6 is 11.6 Å². The van der Waals surface area contributed by atoms with E-state index in [0.29, 0.717) is 5.69 Å². The Balaban J connectivity index is 2.09. The predicted octanol–water partition coefficient (Wildman–Crippen LogP) is 3.27. The van der Waals surface area contributed by atoms with Gasteiger partial charge in [0, 0.05) is 42.5 Å². The quantitative estimate of drug-likeness (QED) is 0.675. The standard InChI is InChI=1S/C20H21ClF3N5O2/c1-12-3-4-15(10-27-12)29(17(30)16(21)22)19(2,13-8-25-11-26-9-13)18(31)28-14-5-6-20(23,24)7-14/h3-4,8-11,14,16H,5-7H2,1-2H3,(H,28,31)/t14-,16+,19+/m1/s1. The Labute approximate surface area is 182 Å². The van der Waals surface area contributed by atoms with Crippen molar-refractivity contribution in [1.29, 1.82) is 0 Å². The SMILES string of the molecule is Cc1ccc(N(C(=O)[C@H](F)Cl)[C@](C)(C(=O)N[C@@H]2CCC(F)(F)C2)c2cncnc2)cn1. The number of pyridine rings is 1. The molecular weight excluding hydrogens is 435 g/mol. The largest absolute Gasteiger partial charge is 0.351 e. The summed E-state index contributed by atoms with van der Waals surface area (Å²) in [5, 5.41) is 2.57. The summed E-state index contributed by atoms with van der Waals surface area (Å²) in [5.41, 5.74) is -3.50. The number of aryl methyl sites for hydroxylation is 1. The molecule has 2 amide bonds. The highest BCUT2D eigenvalue weighted by Gasteiger charge is 2.49. The van der Waals surface area contributed by atoms with Crippen molar-refractivity contribution < 1.29 is 22.8 Å². The van der Waals surface area contributed by atoms with Crippen LogP contribution in [0.5, 0.6) is 0 Å². The van der Waals surface area contributed by atoms with Gasteiger partial charge in [0.05, 0.1) is 11.9 Å². The number of nitrogens with zero attached hydrogens (tertiary/aromatic N) is 4. The summed E-state index contributed by atoms with van der Waals surface area (Å²) >= 11 is 5.47. The van der Waals surface area contributed by atoms with E-state index >= 15 is 0 Å². The number of anilines is 1. The van der Waals surface area contributed by atoms with Crippen LogP contribution in [0.1, 0.15) is 37.4 Å². The Morgan fingerprint density at radius 2 is 1.97 bits per heavy atom. The molecule has 166 valence electrons. The molecule has 7 nitrogen and oxygen atoms in total. The zero-order valence-electron chi connectivity index (χ0n) is 16.9. The monoisotopic (exact) mass is 455 g/mol. The van der Waals surface area contributed by atoms with Gasteiger partial charge in [0.15, 0.2) is 5.54 Å². The van der Waals surface area contributed by atoms with Gasteiger partial charge in [-0.15, -0.1) is 0 Å². The Morgan fingerprint density at radius 1 is 1.29 bits per heavy atom. The van der Waals surface area contributed by atoms with Crippen molar-refractivity contribution in [2.75, 3.05) is 4.90 Å². The molecule has 0 spiro atoms. The first kappa shape index (κ1) is 22.9. The Hall–Kier alpha value is -2.75. The van der Waals surface area contributed by atoms with Crippen LogP contribution in [0.25, 0.3) is 0 Å². The molecule has 0 unspecified atom stereocenters. The van der Waals surface area contributed by atoms with Crippen LogP contribution in [-0.4, -0.2) is 44.4 Å². The molecule has 1 aliphatic carbocycles. The van der Waals surface area contributed by atoms with Gasteiger partial charge in [-0.25, -0.2) is 23.1 Å². The fourth-order valence-corrected chi connectivity index (χ4v) is 3.70. The molecule has 1 saturated carbocycles. The van der Waals surface area contributed by atoms with E-state index in [1.807, 2.05) is 0 Å². The molecule has 0 aromatic carbocycles. The fraction of sp³-hybridized carbons (Fsp3) is 0.450. The minimum absolute atomic E-state index is 0.0708. The molecule has 3 rings (SSSR count). The van der Waals surface area contributed by atoms with Gasteiger partial charge in [0.1, 0.15) is 6.33 Å². The van der Waals surface area contributed by atoms with Gasteiger partial charge in [-0.1, -0.05) is 11.6 Å². The number of hydrogen-bond acceptors (Lipinski definition) is 5. The fourth-order valence-electron chi connectivity index (χ4n) is 3.61. The summed E-state index contributed by atoms with van der Waals surface area (Å²) in [6, 6.07) is 2.25. The van der Waals surface area contributed by atoms with Gasteiger partial charge in [-0.05, 0) is 32.4 Å². The van der Waals surface area contributed by atoms with Crippen LogP contribution in [0.3, 0.4) is 0 Å². The van der Waals surface area contributed by atoms with Gasteiger partial charge in [-0.2, -0.15) is 0 Å².